The summed E-state index contributed by atoms with van der Waals surface area (Å²) >= 11 is 3.49. The maximum Gasteiger partial charge on any atom is 0.156 e. The third kappa shape index (κ3) is 1.62. The first-order valence-corrected chi connectivity index (χ1v) is 6.36. The molecular formula is C13H12BrN3O. The van der Waals surface area contributed by atoms with Crippen molar-refractivity contribution >= 4 is 27.4 Å². The number of nitrogens with zero attached hydrogens (tertiary/aromatic N) is 2. The van der Waals surface area contributed by atoms with Crippen LogP contribution in [0.2, 0.25) is 0 Å². The molecule has 3 heterocycles. The molecule has 18 heavy (non-hydrogen) atoms. The van der Waals surface area contributed by atoms with E-state index in [0.29, 0.717) is 17.3 Å². The van der Waals surface area contributed by atoms with Crippen LogP contribution in [0.1, 0.15) is 11.3 Å². The molecule has 0 aliphatic heterocycles. The van der Waals surface area contributed by atoms with Gasteiger partial charge in [0.2, 0.25) is 0 Å². The van der Waals surface area contributed by atoms with Gasteiger partial charge in [-0.15, -0.1) is 0 Å². The van der Waals surface area contributed by atoms with E-state index in [4.69, 9.17) is 10.2 Å². The number of furan rings is 1. The third-order valence-electron chi connectivity index (χ3n) is 2.91. The predicted octanol–water partition coefficient (Wildman–Crippen LogP) is 3.56. The molecule has 0 fully saturated rings. The maximum absolute atomic E-state index is 6.12. The topological polar surface area (TPSA) is 56.5 Å². The molecule has 0 amide bonds. The zero-order valence-electron chi connectivity index (χ0n) is 10.1. The lowest BCUT2D eigenvalue weighted by Crippen LogP contribution is -1.94. The Bertz CT molecular complexity index is 742. The molecule has 0 aliphatic rings. The van der Waals surface area contributed by atoms with Gasteiger partial charge in [-0.25, -0.2) is 4.98 Å². The van der Waals surface area contributed by atoms with Gasteiger partial charge < -0.3 is 10.2 Å². The van der Waals surface area contributed by atoms with Gasteiger partial charge in [0, 0.05) is 10.7 Å². The van der Waals surface area contributed by atoms with E-state index in [-0.39, 0.29) is 0 Å². The van der Waals surface area contributed by atoms with Crippen LogP contribution in [0.4, 0.5) is 5.82 Å². The van der Waals surface area contributed by atoms with Gasteiger partial charge in [0.1, 0.15) is 22.9 Å². The number of nitrogen functional groups attached to an aromatic ring is 1. The minimum Gasteiger partial charge on any atom is -0.460 e. The lowest BCUT2D eigenvalue weighted by atomic mass is 10.3. The molecule has 0 aromatic carbocycles. The van der Waals surface area contributed by atoms with Crippen LogP contribution < -0.4 is 5.73 Å². The van der Waals surface area contributed by atoms with E-state index in [9.17, 15) is 0 Å². The second-order valence-corrected chi connectivity index (χ2v) is 5.14. The van der Waals surface area contributed by atoms with Crippen molar-refractivity contribution in [1.82, 2.24) is 9.38 Å². The lowest BCUT2D eigenvalue weighted by Gasteiger charge is -2.00. The minimum absolute atomic E-state index is 0.583. The molecule has 0 spiro atoms. The maximum atomic E-state index is 6.12. The molecule has 0 saturated heterocycles. The Hall–Kier alpha value is -1.75. The SMILES string of the molecule is Cc1ccc(-c2nc3cc(C)c(Br)cn3c2N)o1. The van der Waals surface area contributed by atoms with Crippen molar-refractivity contribution < 1.29 is 4.42 Å². The first kappa shape index (κ1) is 11.3. The number of rotatable bonds is 1. The number of anilines is 1. The average Bonchev–Trinajstić information content (AvgIpc) is 2.86. The van der Waals surface area contributed by atoms with Crippen LogP contribution in [0.5, 0.6) is 0 Å². The highest BCUT2D eigenvalue weighted by atomic mass is 79.9. The molecule has 5 heteroatoms. The molecule has 0 aliphatic carbocycles. The first-order chi connectivity index (χ1) is 8.56. The largest absolute Gasteiger partial charge is 0.460 e. The number of nitrogens with two attached hydrogens (primary N) is 1. The summed E-state index contributed by atoms with van der Waals surface area (Å²) in [6.45, 7) is 3.92. The van der Waals surface area contributed by atoms with E-state index in [1.54, 1.807) is 0 Å². The summed E-state index contributed by atoms with van der Waals surface area (Å²) in [5.41, 5.74) is 8.74. The summed E-state index contributed by atoms with van der Waals surface area (Å²) in [5, 5.41) is 0. The van der Waals surface area contributed by atoms with E-state index in [1.165, 1.54) is 0 Å². The van der Waals surface area contributed by atoms with Crippen molar-refractivity contribution in [2.75, 3.05) is 5.73 Å². The van der Waals surface area contributed by atoms with Gasteiger partial charge in [-0.2, -0.15) is 0 Å². The smallest absolute Gasteiger partial charge is 0.156 e. The molecule has 2 N–H and O–H groups in total. The van der Waals surface area contributed by atoms with E-state index < -0.39 is 0 Å². The second kappa shape index (κ2) is 3.88. The monoisotopic (exact) mass is 305 g/mol. The molecule has 0 atom stereocenters. The standard InChI is InChI=1S/C13H12BrN3O/c1-7-5-11-16-12(10-4-3-8(2)18-10)13(15)17(11)6-9(7)14/h3-6H,15H2,1-2H3. The summed E-state index contributed by atoms with van der Waals surface area (Å²) in [4.78, 5) is 4.52. The van der Waals surface area contributed by atoms with Crippen LogP contribution in [0.25, 0.3) is 17.1 Å². The molecule has 4 nitrogen and oxygen atoms in total. The highest BCUT2D eigenvalue weighted by Crippen LogP contribution is 2.29. The zero-order valence-corrected chi connectivity index (χ0v) is 11.7. The highest BCUT2D eigenvalue weighted by Gasteiger charge is 2.15. The molecule has 0 unspecified atom stereocenters. The summed E-state index contributed by atoms with van der Waals surface area (Å²) in [6.07, 6.45) is 1.92. The first-order valence-electron chi connectivity index (χ1n) is 5.57. The van der Waals surface area contributed by atoms with E-state index in [0.717, 1.165) is 21.4 Å². The number of pyridine rings is 1. The van der Waals surface area contributed by atoms with Gasteiger partial charge in [-0.1, -0.05) is 0 Å². The van der Waals surface area contributed by atoms with Crippen LogP contribution in [-0.2, 0) is 0 Å². The van der Waals surface area contributed by atoms with Crippen LogP contribution in [0.3, 0.4) is 0 Å². The van der Waals surface area contributed by atoms with Crippen molar-refractivity contribution in [3.05, 3.63) is 40.2 Å². The molecular weight excluding hydrogens is 294 g/mol. The molecule has 3 rings (SSSR count). The van der Waals surface area contributed by atoms with E-state index >= 15 is 0 Å². The number of hydrogen-bond acceptors (Lipinski definition) is 3. The van der Waals surface area contributed by atoms with Crippen LogP contribution >= 0.6 is 15.9 Å². The van der Waals surface area contributed by atoms with Gasteiger partial charge in [0.15, 0.2) is 5.76 Å². The second-order valence-electron chi connectivity index (χ2n) is 4.29. The normalized spacial score (nSPS) is 11.3. The minimum atomic E-state index is 0.583. The van der Waals surface area contributed by atoms with Gasteiger partial charge >= 0.3 is 0 Å². The van der Waals surface area contributed by atoms with Gasteiger partial charge in [0.25, 0.3) is 0 Å². The number of hydrogen-bond donors (Lipinski definition) is 1. The van der Waals surface area contributed by atoms with Crippen molar-refractivity contribution in [3.8, 4) is 11.5 Å². The van der Waals surface area contributed by atoms with Crippen LogP contribution in [-0.4, -0.2) is 9.38 Å². The Labute approximate surface area is 113 Å². The molecule has 3 aromatic heterocycles. The quantitative estimate of drug-likeness (QED) is 0.748. The fourth-order valence-corrected chi connectivity index (χ4v) is 2.24. The van der Waals surface area contributed by atoms with Gasteiger partial charge in [-0.3, -0.25) is 4.40 Å². The molecule has 92 valence electrons. The summed E-state index contributed by atoms with van der Waals surface area (Å²) in [5.74, 6) is 2.13. The Kier molecular flexibility index (Phi) is 2.45. The van der Waals surface area contributed by atoms with E-state index in [1.807, 2.05) is 42.6 Å². The van der Waals surface area contributed by atoms with Gasteiger partial charge in [0.05, 0.1) is 0 Å². The highest BCUT2D eigenvalue weighted by molar-refractivity contribution is 9.10. The van der Waals surface area contributed by atoms with Crippen LogP contribution in [0, 0.1) is 13.8 Å². The summed E-state index contributed by atoms with van der Waals surface area (Å²) < 4.78 is 8.43. The lowest BCUT2D eigenvalue weighted by molar-refractivity contribution is 0.547. The molecule has 0 radical (unpaired) electrons. The Morgan fingerprint density at radius 3 is 2.78 bits per heavy atom. The number of aryl methyl sites for hydroxylation is 2. The van der Waals surface area contributed by atoms with Crippen molar-refractivity contribution in [1.29, 1.82) is 0 Å². The van der Waals surface area contributed by atoms with Crippen molar-refractivity contribution in [3.63, 3.8) is 0 Å². The Morgan fingerprint density at radius 1 is 1.33 bits per heavy atom. The average molecular weight is 306 g/mol. The predicted molar refractivity (Wildman–Crippen MR) is 74.5 cm³/mol. The fourth-order valence-electron chi connectivity index (χ4n) is 1.92. The Morgan fingerprint density at radius 2 is 2.11 bits per heavy atom. The number of imidazole rings is 1. The Balaban J connectivity index is 2.29. The van der Waals surface area contributed by atoms with Crippen molar-refractivity contribution in [2.24, 2.45) is 0 Å². The zero-order chi connectivity index (χ0) is 12.9. The summed E-state index contributed by atoms with van der Waals surface area (Å²) in [7, 11) is 0. The van der Waals surface area contributed by atoms with Crippen molar-refractivity contribution in [2.45, 2.75) is 13.8 Å². The fraction of sp³-hybridized carbons (Fsp3) is 0.154. The van der Waals surface area contributed by atoms with E-state index in [2.05, 4.69) is 20.9 Å². The number of fused-ring (bicyclic) bond motifs is 1. The van der Waals surface area contributed by atoms with Crippen LogP contribution in [0.15, 0.2) is 33.3 Å². The summed E-state index contributed by atoms with van der Waals surface area (Å²) in [6, 6.07) is 5.77. The molecule has 0 bridgehead atoms. The molecule has 3 aromatic rings. The molecule has 0 saturated carbocycles. The number of aromatic nitrogens is 2. The van der Waals surface area contributed by atoms with Gasteiger partial charge in [-0.05, 0) is 53.5 Å². The number of halogens is 1. The third-order valence-corrected chi connectivity index (χ3v) is 3.74.